The van der Waals surface area contributed by atoms with Crippen LogP contribution in [0.4, 0.5) is 10.1 Å². The van der Waals surface area contributed by atoms with Crippen molar-refractivity contribution in [3.05, 3.63) is 77.5 Å². The second-order valence-electron chi connectivity index (χ2n) is 6.39. The van der Waals surface area contributed by atoms with Gasteiger partial charge in [0.15, 0.2) is 0 Å². The Balaban J connectivity index is 1.34. The average Bonchev–Trinajstić information content (AvgIpc) is 3.29. The van der Waals surface area contributed by atoms with Crippen LogP contribution in [0.5, 0.6) is 0 Å². The van der Waals surface area contributed by atoms with E-state index in [2.05, 4.69) is 15.5 Å². The van der Waals surface area contributed by atoms with Gasteiger partial charge >= 0.3 is 0 Å². The molecule has 1 N–H and O–H groups in total. The number of hydrogen-bond acceptors (Lipinski definition) is 3. The summed E-state index contributed by atoms with van der Waals surface area (Å²) < 4.78 is 16.4. The van der Waals surface area contributed by atoms with E-state index in [9.17, 15) is 9.18 Å². The third-order valence-corrected chi connectivity index (χ3v) is 4.69. The topological polar surface area (TPSA) is 64.7 Å². The van der Waals surface area contributed by atoms with Gasteiger partial charge in [-0.1, -0.05) is 29.8 Å². The van der Waals surface area contributed by atoms with Crippen LogP contribution >= 0.6 is 11.6 Å². The van der Waals surface area contributed by atoms with Gasteiger partial charge in [0.1, 0.15) is 5.82 Å². The summed E-state index contributed by atoms with van der Waals surface area (Å²) in [6.45, 7) is 0.940. The monoisotopic (exact) mass is 397 g/mol. The maximum absolute atomic E-state index is 13.0. The number of nitrogens with one attached hydrogen (secondary N) is 1. The largest absolute Gasteiger partial charge is 0.323 e. The summed E-state index contributed by atoms with van der Waals surface area (Å²) in [7, 11) is 0. The molecule has 0 fully saturated rings. The van der Waals surface area contributed by atoms with Crippen LogP contribution in [-0.4, -0.2) is 25.5 Å². The van der Waals surface area contributed by atoms with E-state index in [4.69, 9.17) is 11.6 Å². The van der Waals surface area contributed by atoms with Gasteiger partial charge in [-0.25, -0.2) is 4.39 Å². The first kappa shape index (κ1) is 18.2. The summed E-state index contributed by atoms with van der Waals surface area (Å²) in [5.41, 5.74) is 2.43. The SMILES string of the molecule is O=C(CCn1ncc2c(Cl)cccc21)Nc1cnn(Cc2ccc(F)cc2)c1. The lowest BCUT2D eigenvalue weighted by Gasteiger charge is -2.05. The van der Waals surface area contributed by atoms with Crippen molar-refractivity contribution in [1.82, 2.24) is 19.6 Å². The van der Waals surface area contributed by atoms with Crippen LogP contribution in [0.2, 0.25) is 5.02 Å². The second kappa shape index (κ2) is 7.82. The van der Waals surface area contributed by atoms with Crippen molar-refractivity contribution < 1.29 is 9.18 Å². The molecule has 0 spiro atoms. The normalized spacial score (nSPS) is 11.1. The fourth-order valence-electron chi connectivity index (χ4n) is 2.97. The third-order valence-electron chi connectivity index (χ3n) is 4.36. The number of hydrogen-bond donors (Lipinski definition) is 1. The fourth-order valence-corrected chi connectivity index (χ4v) is 3.19. The van der Waals surface area contributed by atoms with Gasteiger partial charge < -0.3 is 5.32 Å². The number of benzene rings is 2. The van der Waals surface area contributed by atoms with Gasteiger partial charge in [0.2, 0.25) is 5.91 Å². The first-order chi connectivity index (χ1) is 13.6. The third kappa shape index (κ3) is 4.04. The van der Waals surface area contributed by atoms with Crippen LogP contribution in [0.3, 0.4) is 0 Å². The van der Waals surface area contributed by atoms with Crippen molar-refractivity contribution in [2.24, 2.45) is 0 Å². The molecule has 0 aliphatic heterocycles. The van der Waals surface area contributed by atoms with E-state index in [1.54, 1.807) is 40.1 Å². The van der Waals surface area contributed by atoms with Crippen molar-refractivity contribution in [1.29, 1.82) is 0 Å². The smallest absolute Gasteiger partial charge is 0.226 e. The van der Waals surface area contributed by atoms with Gasteiger partial charge in [-0.15, -0.1) is 0 Å². The number of aromatic nitrogens is 4. The molecular formula is C20H17ClFN5O. The van der Waals surface area contributed by atoms with Gasteiger partial charge in [0.25, 0.3) is 0 Å². The summed E-state index contributed by atoms with van der Waals surface area (Å²) in [6.07, 6.45) is 5.30. The van der Waals surface area contributed by atoms with Gasteiger partial charge in [-0.2, -0.15) is 10.2 Å². The lowest BCUT2D eigenvalue weighted by molar-refractivity contribution is -0.116. The van der Waals surface area contributed by atoms with E-state index in [-0.39, 0.29) is 18.1 Å². The molecule has 0 aliphatic rings. The van der Waals surface area contributed by atoms with Crippen molar-refractivity contribution in [2.45, 2.75) is 19.5 Å². The van der Waals surface area contributed by atoms with Crippen molar-refractivity contribution >= 4 is 34.1 Å². The summed E-state index contributed by atoms with van der Waals surface area (Å²) in [5.74, 6) is -0.406. The Labute approximate surface area is 165 Å². The highest BCUT2D eigenvalue weighted by Crippen LogP contribution is 2.22. The van der Waals surface area contributed by atoms with Gasteiger partial charge in [0, 0.05) is 18.0 Å². The molecule has 0 saturated heterocycles. The van der Waals surface area contributed by atoms with E-state index in [1.807, 2.05) is 18.2 Å². The van der Waals surface area contributed by atoms with E-state index >= 15 is 0 Å². The lowest BCUT2D eigenvalue weighted by Crippen LogP contribution is -2.14. The number of anilines is 1. The highest BCUT2D eigenvalue weighted by Gasteiger charge is 2.09. The maximum Gasteiger partial charge on any atom is 0.226 e. The Hall–Kier alpha value is -3.19. The molecule has 0 radical (unpaired) electrons. The second-order valence-corrected chi connectivity index (χ2v) is 6.80. The number of halogens is 2. The molecule has 28 heavy (non-hydrogen) atoms. The van der Waals surface area contributed by atoms with Crippen LogP contribution in [0.15, 0.2) is 61.1 Å². The first-order valence-electron chi connectivity index (χ1n) is 8.75. The fraction of sp³-hybridized carbons (Fsp3) is 0.150. The Morgan fingerprint density at radius 2 is 1.93 bits per heavy atom. The van der Waals surface area contributed by atoms with Crippen LogP contribution in [-0.2, 0) is 17.9 Å². The molecule has 2 aromatic heterocycles. The van der Waals surface area contributed by atoms with E-state index in [0.29, 0.717) is 23.8 Å². The van der Waals surface area contributed by atoms with Crippen molar-refractivity contribution in [2.75, 3.05) is 5.32 Å². The molecule has 0 unspecified atom stereocenters. The van der Waals surface area contributed by atoms with Crippen molar-refractivity contribution in [3.8, 4) is 0 Å². The number of aryl methyl sites for hydroxylation is 1. The maximum atomic E-state index is 13.0. The molecule has 142 valence electrons. The number of nitrogens with zero attached hydrogens (tertiary/aromatic N) is 4. The Kier molecular flexibility index (Phi) is 5.08. The van der Waals surface area contributed by atoms with Gasteiger partial charge in [-0.05, 0) is 29.8 Å². The molecule has 0 bridgehead atoms. The summed E-state index contributed by atoms with van der Waals surface area (Å²) in [5, 5.41) is 12.9. The predicted molar refractivity (Wildman–Crippen MR) is 106 cm³/mol. The van der Waals surface area contributed by atoms with E-state index < -0.39 is 0 Å². The molecule has 0 aliphatic carbocycles. The number of carbonyl (C=O) groups excluding carboxylic acids is 1. The van der Waals surface area contributed by atoms with Crippen LogP contribution in [0.1, 0.15) is 12.0 Å². The minimum Gasteiger partial charge on any atom is -0.323 e. The Bertz CT molecular complexity index is 1120. The van der Waals surface area contributed by atoms with Crippen LogP contribution in [0.25, 0.3) is 10.9 Å². The number of carbonyl (C=O) groups is 1. The first-order valence-corrected chi connectivity index (χ1v) is 9.13. The molecule has 8 heteroatoms. The van der Waals surface area contributed by atoms with Crippen LogP contribution < -0.4 is 5.32 Å². The lowest BCUT2D eigenvalue weighted by atomic mass is 10.2. The quantitative estimate of drug-likeness (QED) is 0.532. The zero-order valence-electron chi connectivity index (χ0n) is 14.8. The molecule has 4 aromatic rings. The molecular weight excluding hydrogens is 381 g/mol. The molecule has 0 atom stereocenters. The zero-order valence-corrected chi connectivity index (χ0v) is 15.6. The van der Waals surface area contributed by atoms with E-state index in [0.717, 1.165) is 16.5 Å². The summed E-state index contributed by atoms with van der Waals surface area (Å²) in [6, 6.07) is 11.8. The minimum absolute atomic E-state index is 0.132. The van der Waals surface area contributed by atoms with Crippen LogP contribution in [0, 0.1) is 5.82 Å². The minimum atomic E-state index is -0.274. The van der Waals surface area contributed by atoms with E-state index in [1.165, 1.54) is 12.1 Å². The molecule has 4 rings (SSSR count). The number of amides is 1. The van der Waals surface area contributed by atoms with Gasteiger partial charge in [0.05, 0.1) is 41.7 Å². The average molecular weight is 398 g/mol. The number of rotatable bonds is 6. The highest BCUT2D eigenvalue weighted by molar-refractivity contribution is 6.35. The standard InChI is InChI=1S/C20H17ClFN5O/c21-18-2-1-3-19-17(18)11-24-27(19)9-8-20(28)25-16-10-23-26(13-16)12-14-4-6-15(22)7-5-14/h1-7,10-11,13H,8-9,12H2,(H,25,28). The number of fused-ring (bicyclic) bond motifs is 1. The molecule has 1 amide bonds. The molecule has 0 saturated carbocycles. The zero-order chi connectivity index (χ0) is 19.5. The van der Waals surface area contributed by atoms with Gasteiger partial charge in [-0.3, -0.25) is 14.2 Å². The summed E-state index contributed by atoms with van der Waals surface area (Å²) >= 11 is 6.15. The molecule has 6 nitrogen and oxygen atoms in total. The summed E-state index contributed by atoms with van der Waals surface area (Å²) in [4.78, 5) is 12.3. The highest BCUT2D eigenvalue weighted by atomic mass is 35.5. The van der Waals surface area contributed by atoms with Crippen molar-refractivity contribution in [3.63, 3.8) is 0 Å². The molecule has 2 aromatic carbocycles. The molecule has 2 heterocycles. The Morgan fingerprint density at radius 1 is 1.11 bits per heavy atom. The Morgan fingerprint density at radius 3 is 2.75 bits per heavy atom. The predicted octanol–water partition coefficient (Wildman–Crippen LogP) is 4.10.